The Bertz CT molecular complexity index is 872. The van der Waals surface area contributed by atoms with Crippen molar-refractivity contribution in [2.24, 2.45) is 11.3 Å². The Kier molecular flexibility index (Phi) is 4.56. The number of piperidine rings is 1. The second-order valence-corrected chi connectivity index (χ2v) is 7.77. The zero-order valence-electron chi connectivity index (χ0n) is 14.7. The van der Waals surface area contributed by atoms with Crippen molar-refractivity contribution in [1.82, 2.24) is 4.90 Å². The van der Waals surface area contributed by atoms with Gasteiger partial charge in [-0.05, 0) is 67.1 Å². The molecule has 1 N–H and O–H groups in total. The maximum atomic E-state index is 12.8. The van der Waals surface area contributed by atoms with Crippen molar-refractivity contribution >= 4 is 23.5 Å². The maximum absolute atomic E-state index is 12.8. The Morgan fingerprint density at radius 3 is 2.41 bits per heavy atom. The third-order valence-electron chi connectivity index (χ3n) is 5.66. The van der Waals surface area contributed by atoms with E-state index >= 15 is 0 Å². The summed E-state index contributed by atoms with van der Waals surface area (Å²) in [4.78, 5) is 25.8. The number of ether oxygens (including phenoxy) is 1. The standard InChI is InChI=1S/C21H20ClNO4/c22-15-4-6-16(7-5-15)27-17-3-1-2-14(12-17)19(24)23-10-8-21(9-11-23)13-18(21)20(25)26/h1-7,12,18H,8-11,13H2,(H,25,26). The minimum absolute atomic E-state index is 0.0427. The van der Waals surface area contributed by atoms with Crippen LogP contribution in [0.25, 0.3) is 0 Å². The molecule has 1 saturated heterocycles. The molecule has 2 aliphatic rings. The van der Waals surface area contributed by atoms with Crippen molar-refractivity contribution in [2.45, 2.75) is 19.3 Å². The third kappa shape index (κ3) is 3.65. The van der Waals surface area contributed by atoms with Gasteiger partial charge in [-0.25, -0.2) is 0 Å². The highest BCUT2D eigenvalue weighted by Gasteiger charge is 2.59. The lowest BCUT2D eigenvalue weighted by atomic mass is 9.90. The van der Waals surface area contributed by atoms with Crippen LogP contribution >= 0.6 is 11.6 Å². The van der Waals surface area contributed by atoms with E-state index in [2.05, 4.69) is 0 Å². The van der Waals surface area contributed by atoms with Crippen LogP contribution in [0, 0.1) is 11.3 Å². The van der Waals surface area contributed by atoms with Gasteiger partial charge in [0, 0.05) is 23.7 Å². The molecule has 1 heterocycles. The summed E-state index contributed by atoms with van der Waals surface area (Å²) in [7, 11) is 0. The molecular formula is C21H20ClNO4. The Morgan fingerprint density at radius 1 is 1.07 bits per heavy atom. The average Bonchev–Trinajstić information content (AvgIpc) is 3.38. The molecule has 4 rings (SSSR count). The zero-order chi connectivity index (χ0) is 19.0. The lowest BCUT2D eigenvalue weighted by Gasteiger charge is -2.32. The molecule has 5 nitrogen and oxygen atoms in total. The molecule has 27 heavy (non-hydrogen) atoms. The van der Waals surface area contributed by atoms with Gasteiger partial charge >= 0.3 is 5.97 Å². The van der Waals surface area contributed by atoms with E-state index in [0.29, 0.717) is 35.2 Å². The number of carboxylic acid groups (broad SMARTS) is 1. The number of hydrogen-bond acceptors (Lipinski definition) is 3. The van der Waals surface area contributed by atoms with Crippen molar-refractivity contribution in [1.29, 1.82) is 0 Å². The molecule has 1 atom stereocenters. The number of rotatable bonds is 4. The van der Waals surface area contributed by atoms with Crippen LogP contribution in [0.1, 0.15) is 29.6 Å². The highest BCUT2D eigenvalue weighted by Crippen LogP contribution is 2.59. The smallest absolute Gasteiger partial charge is 0.307 e. The number of amides is 1. The Balaban J connectivity index is 1.41. The fourth-order valence-corrected chi connectivity index (χ4v) is 4.04. The van der Waals surface area contributed by atoms with Gasteiger partial charge in [0.15, 0.2) is 0 Å². The monoisotopic (exact) mass is 385 g/mol. The predicted octanol–water partition coefficient (Wildman–Crippen LogP) is 4.46. The molecule has 0 radical (unpaired) electrons. The summed E-state index contributed by atoms with van der Waals surface area (Å²) in [5, 5.41) is 9.82. The fraction of sp³-hybridized carbons (Fsp3) is 0.333. The predicted molar refractivity (Wildman–Crippen MR) is 101 cm³/mol. The molecule has 2 aromatic carbocycles. The molecule has 1 amide bonds. The van der Waals surface area contributed by atoms with E-state index in [1.165, 1.54) is 0 Å². The van der Waals surface area contributed by atoms with E-state index in [1.807, 2.05) is 4.90 Å². The third-order valence-corrected chi connectivity index (χ3v) is 5.92. The molecule has 1 unspecified atom stereocenters. The number of likely N-dealkylation sites (tertiary alicyclic amines) is 1. The highest BCUT2D eigenvalue weighted by atomic mass is 35.5. The van der Waals surface area contributed by atoms with Gasteiger partial charge < -0.3 is 14.7 Å². The van der Waals surface area contributed by atoms with Crippen LogP contribution in [0.3, 0.4) is 0 Å². The summed E-state index contributed by atoms with van der Waals surface area (Å²) in [6.07, 6.45) is 2.27. The molecule has 1 aliphatic carbocycles. The zero-order valence-corrected chi connectivity index (χ0v) is 15.5. The first-order valence-corrected chi connectivity index (χ1v) is 9.40. The largest absolute Gasteiger partial charge is 0.481 e. The fourth-order valence-electron chi connectivity index (χ4n) is 3.92. The quantitative estimate of drug-likeness (QED) is 0.843. The lowest BCUT2D eigenvalue weighted by Crippen LogP contribution is -2.40. The molecule has 1 spiro atoms. The van der Waals surface area contributed by atoms with E-state index in [4.69, 9.17) is 16.3 Å². The number of carbonyl (C=O) groups is 2. The Labute approximate surface area is 162 Å². The Hall–Kier alpha value is -2.53. The first kappa shape index (κ1) is 17.9. The van der Waals surface area contributed by atoms with Gasteiger partial charge in [0.25, 0.3) is 5.91 Å². The normalized spacial score (nSPS) is 20.3. The van der Waals surface area contributed by atoms with Crippen LogP contribution in [0.4, 0.5) is 0 Å². The maximum Gasteiger partial charge on any atom is 0.307 e. The highest BCUT2D eigenvalue weighted by molar-refractivity contribution is 6.30. The lowest BCUT2D eigenvalue weighted by molar-refractivity contribution is -0.139. The summed E-state index contributed by atoms with van der Waals surface area (Å²) in [6, 6.07) is 14.2. The molecule has 1 aliphatic heterocycles. The van der Waals surface area contributed by atoms with Gasteiger partial charge in [0.05, 0.1) is 5.92 Å². The molecule has 2 fully saturated rings. The van der Waals surface area contributed by atoms with Crippen molar-refractivity contribution < 1.29 is 19.4 Å². The average molecular weight is 386 g/mol. The molecule has 140 valence electrons. The number of hydrogen-bond donors (Lipinski definition) is 1. The van der Waals surface area contributed by atoms with Crippen LogP contribution in [0.2, 0.25) is 5.02 Å². The van der Waals surface area contributed by atoms with E-state index in [1.54, 1.807) is 48.5 Å². The summed E-state index contributed by atoms with van der Waals surface area (Å²) < 4.78 is 5.80. The van der Waals surface area contributed by atoms with Crippen LogP contribution in [0.5, 0.6) is 11.5 Å². The summed E-state index contributed by atoms with van der Waals surface area (Å²) in [5.41, 5.74) is 0.491. The molecule has 0 aromatic heterocycles. The minimum Gasteiger partial charge on any atom is -0.481 e. The van der Waals surface area contributed by atoms with Crippen LogP contribution in [0.15, 0.2) is 48.5 Å². The van der Waals surface area contributed by atoms with Crippen molar-refractivity contribution in [3.8, 4) is 11.5 Å². The number of carboxylic acids is 1. The van der Waals surface area contributed by atoms with Gasteiger partial charge in [0.2, 0.25) is 0 Å². The summed E-state index contributed by atoms with van der Waals surface area (Å²) in [5.74, 6) is 0.258. The first-order chi connectivity index (χ1) is 13.0. The van der Waals surface area contributed by atoms with E-state index < -0.39 is 5.97 Å². The van der Waals surface area contributed by atoms with Crippen molar-refractivity contribution in [3.05, 3.63) is 59.1 Å². The van der Waals surface area contributed by atoms with Gasteiger partial charge in [-0.3, -0.25) is 9.59 Å². The number of halogens is 1. The topological polar surface area (TPSA) is 66.8 Å². The van der Waals surface area contributed by atoms with E-state index in [9.17, 15) is 14.7 Å². The molecule has 0 bridgehead atoms. The van der Waals surface area contributed by atoms with Crippen molar-refractivity contribution in [2.75, 3.05) is 13.1 Å². The number of benzene rings is 2. The molecule has 6 heteroatoms. The van der Waals surface area contributed by atoms with Crippen LogP contribution < -0.4 is 4.74 Å². The van der Waals surface area contributed by atoms with Gasteiger partial charge in [0.1, 0.15) is 11.5 Å². The number of carbonyl (C=O) groups excluding carboxylic acids is 1. The summed E-state index contributed by atoms with van der Waals surface area (Å²) in [6.45, 7) is 1.20. The second kappa shape index (κ2) is 6.89. The molecule has 1 saturated carbocycles. The van der Waals surface area contributed by atoms with Gasteiger partial charge in [-0.15, -0.1) is 0 Å². The first-order valence-electron chi connectivity index (χ1n) is 9.02. The molecule has 2 aromatic rings. The Morgan fingerprint density at radius 2 is 1.78 bits per heavy atom. The van der Waals surface area contributed by atoms with Gasteiger partial charge in [-0.2, -0.15) is 0 Å². The second-order valence-electron chi connectivity index (χ2n) is 7.33. The SMILES string of the molecule is O=C(O)C1CC12CCN(C(=O)c1cccc(Oc3ccc(Cl)cc3)c1)CC2. The summed E-state index contributed by atoms with van der Waals surface area (Å²) >= 11 is 5.88. The van der Waals surface area contributed by atoms with Gasteiger partial charge in [-0.1, -0.05) is 17.7 Å². The molecular weight excluding hydrogens is 366 g/mol. The van der Waals surface area contributed by atoms with E-state index in [0.717, 1.165) is 19.3 Å². The minimum atomic E-state index is -0.707. The van der Waals surface area contributed by atoms with E-state index in [-0.39, 0.29) is 17.2 Å². The number of aliphatic carboxylic acids is 1. The van der Waals surface area contributed by atoms with Crippen LogP contribution in [-0.4, -0.2) is 35.0 Å². The van der Waals surface area contributed by atoms with Crippen molar-refractivity contribution in [3.63, 3.8) is 0 Å². The van der Waals surface area contributed by atoms with Crippen LogP contribution in [-0.2, 0) is 4.79 Å². The number of nitrogens with zero attached hydrogens (tertiary/aromatic N) is 1.